The van der Waals surface area contributed by atoms with Gasteiger partial charge in [0.15, 0.2) is 0 Å². The molecule has 0 radical (unpaired) electrons. The van der Waals surface area contributed by atoms with Gasteiger partial charge in [-0.25, -0.2) is 0 Å². The van der Waals surface area contributed by atoms with E-state index in [-0.39, 0.29) is 0 Å². The summed E-state index contributed by atoms with van der Waals surface area (Å²) in [5.74, 6) is 0. The smallest absolute Gasteiger partial charge is 0.0641 e. The van der Waals surface area contributed by atoms with Crippen LogP contribution in [0.2, 0.25) is 0 Å². The van der Waals surface area contributed by atoms with Crippen molar-refractivity contribution in [3.05, 3.63) is 48.0 Å². The molecule has 18 heavy (non-hydrogen) atoms. The standard InChI is InChI=1S/C14H20N4/c1-11-7-17-18(10-11)13(3)12(2)16-9-14-5-4-6-15-8-14/h4-8,10,12-13,16H,9H2,1-3H3/t12-,13-/m1/s1. The average Bonchev–Trinajstić information content (AvgIpc) is 2.83. The summed E-state index contributed by atoms with van der Waals surface area (Å²) < 4.78 is 2.01. The van der Waals surface area contributed by atoms with E-state index >= 15 is 0 Å². The zero-order valence-electron chi connectivity index (χ0n) is 11.2. The molecule has 0 saturated heterocycles. The normalized spacial score (nSPS) is 14.4. The second kappa shape index (κ2) is 5.78. The molecule has 4 nitrogen and oxygen atoms in total. The Hall–Kier alpha value is -1.68. The molecule has 0 aromatic carbocycles. The summed E-state index contributed by atoms with van der Waals surface area (Å²) >= 11 is 0. The van der Waals surface area contributed by atoms with Crippen molar-refractivity contribution in [2.75, 3.05) is 0 Å². The van der Waals surface area contributed by atoms with Crippen LogP contribution in [0.4, 0.5) is 0 Å². The van der Waals surface area contributed by atoms with Crippen LogP contribution in [0.5, 0.6) is 0 Å². The maximum Gasteiger partial charge on any atom is 0.0641 e. The number of nitrogens with one attached hydrogen (secondary N) is 1. The Balaban J connectivity index is 1.90. The zero-order chi connectivity index (χ0) is 13.0. The van der Waals surface area contributed by atoms with E-state index in [1.54, 1.807) is 6.20 Å². The van der Waals surface area contributed by atoms with E-state index in [0.29, 0.717) is 12.1 Å². The molecule has 0 amide bonds. The van der Waals surface area contributed by atoms with Crippen molar-refractivity contribution < 1.29 is 0 Å². The average molecular weight is 244 g/mol. The number of rotatable bonds is 5. The molecule has 0 spiro atoms. The molecule has 2 heterocycles. The summed E-state index contributed by atoms with van der Waals surface area (Å²) in [6.45, 7) is 7.24. The lowest BCUT2D eigenvalue weighted by atomic mass is 10.1. The topological polar surface area (TPSA) is 42.7 Å². The van der Waals surface area contributed by atoms with Crippen molar-refractivity contribution >= 4 is 0 Å². The van der Waals surface area contributed by atoms with Gasteiger partial charge in [-0.1, -0.05) is 6.07 Å². The Kier molecular flexibility index (Phi) is 4.10. The van der Waals surface area contributed by atoms with Crippen LogP contribution in [0.1, 0.15) is 31.0 Å². The zero-order valence-corrected chi connectivity index (χ0v) is 11.2. The van der Waals surface area contributed by atoms with E-state index < -0.39 is 0 Å². The second-order valence-electron chi connectivity index (χ2n) is 4.77. The van der Waals surface area contributed by atoms with Gasteiger partial charge in [0.2, 0.25) is 0 Å². The lowest BCUT2D eigenvalue weighted by Crippen LogP contribution is -2.33. The van der Waals surface area contributed by atoms with Crippen molar-refractivity contribution in [1.29, 1.82) is 0 Å². The summed E-state index contributed by atoms with van der Waals surface area (Å²) in [6.07, 6.45) is 7.65. The minimum Gasteiger partial charge on any atom is -0.308 e. The number of pyridine rings is 1. The van der Waals surface area contributed by atoms with E-state index in [2.05, 4.69) is 48.4 Å². The summed E-state index contributed by atoms with van der Waals surface area (Å²) in [4.78, 5) is 4.11. The Bertz CT molecular complexity index is 478. The van der Waals surface area contributed by atoms with Gasteiger partial charge in [0.25, 0.3) is 0 Å². The molecule has 0 unspecified atom stereocenters. The molecule has 0 bridgehead atoms. The molecule has 0 aliphatic rings. The SMILES string of the molecule is Cc1cnn([C@H](C)[C@@H](C)NCc2cccnc2)c1. The third-order valence-corrected chi connectivity index (χ3v) is 3.22. The van der Waals surface area contributed by atoms with Crippen molar-refractivity contribution in [2.24, 2.45) is 0 Å². The molecule has 0 fully saturated rings. The minimum atomic E-state index is 0.329. The van der Waals surface area contributed by atoms with E-state index in [9.17, 15) is 0 Å². The number of aromatic nitrogens is 3. The Labute approximate surface area is 108 Å². The molecular weight excluding hydrogens is 224 g/mol. The van der Waals surface area contributed by atoms with Gasteiger partial charge in [0, 0.05) is 31.2 Å². The van der Waals surface area contributed by atoms with Gasteiger partial charge in [-0.2, -0.15) is 5.10 Å². The molecule has 2 atom stereocenters. The number of nitrogens with zero attached hydrogens (tertiary/aromatic N) is 3. The van der Waals surface area contributed by atoms with Gasteiger partial charge >= 0.3 is 0 Å². The summed E-state index contributed by atoms with van der Waals surface area (Å²) in [7, 11) is 0. The summed E-state index contributed by atoms with van der Waals surface area (Å²) in [5.41, 5.74) is 2.40. The summed E-state index contributed by atoms with van der Waals surface area (Å²) in [5, 5.41) is 7.86. The van der Waals surface area contributed by atoms with Crippen LogP contribution in [0.25, 0.3) is 0 Å². The van der Waals surface area contributed by atoms with Crippen LogP contribution in [0, 0.1) is 6.92 Å². The van der Waals surface area contributed by atoms with Gasteiger partial charge < -0.3 is 5.32 Å². The van der Waals surface area contributed by atoms with Crippen LogP contribution >= 0.6 is 0 Å². The van der Waals surface area contributed by atoms with Crippen LogP contribution < -0.4 is 5.32 Å². The number of hydrogen-bond donors (Lipinski definition) is 1. The maximum atomic E-state index is 4.36. The van der Waals surface area contributed by atoms with Gasteiger partial charge in [-0.15, -0.1) is 0 Å². The first-order valence-electron chi connectivity index (χ1n) is 6.30. The molecule has 0 aliphatic heterocycles. The van der Waals surface area contributed by atoms with E-state index in [1.165, 1.54) is 11.1 Å². The minimum absolute atomic E-state index is 0.329. The highest BCUT2D eigenvalue weighted by Gasteiger charge is 2.13. The van der Waals surface area contributed by atoms with Crippen molar-refractivity contribution in [3.8, 4) is 0 Å². The molecule has 2 aromatic heterocycles. The first-order chi connectivity index (χ1) is 8.66. The van der Waals surface area contributed by atoms with Gasteiger partial charge in [-0.05, 0) is 38.0 Å². The Morgan fingerprint density at radius 1 is 1.33 bits per heavy atom. The first kappa shape index (κ1) is 12.8. The largest absolute Gasteiger partial charge is 0.308 e. The second-order valence-corrected chi connectivity index (χ2v) is 4.77. The third kappa shape index (κ3) is 3.17. The monoisotopic (exact) mass is 244 g/mol. The van der Waals surface area contributed by atoms with Crippen molar-refractivity contribution in [3.63, 3.8) is 0 Å². The lowest BCUT2D eigenvalue weighted by molar-refractivity contribution is 0.365. The number of hydrogen-bond acceptors (Lipinski definition) is 3. The highest BCUT2D eigenvalue weighted by Crippen LogP contribution is 2.11. The third-order valence-electron chi connectivity index (χ3n) is 3.22. The Morgan fingerprint density at radius 3 is 2.78 bits per heavy atom. The molecule has 2 rings (SSSR count). The first-order valence-corrected chi connectivity index (χ1v) is 6.30. The molecule has 4 heteroatoms. The van der Waals surface area contributed by atoms with Gasteiger partial charge in [0.05, 0.1) is 12.2 Å². The van der Waals surface area contributed by atoms with E-state index in [1.807, 2.05) is 23.1 Å². The Morgan fingerprint density at radius 2 is 2.17 bits per heavy atom. The predicted octanol–water partition coefficient (Wildman–Crippen LogP) is 2.33. The fourth-order valence-electron chi connectivity index (χ4n) is 1.84. The fraction of sp³-hybridized carbons (Fsp3) is 0.429. The predicted molar refractivity (Wildman–Crippen MR) is 72.2 cm³/mol. The molecular formula is C14H20N4. The van der Waals surface area contributed by atoms with Crippen LogP contribution in [-0.4, -0.2) is 20.8 Å². The fourth-order valence-corrected chi connectivity index (χ4v) is 1.84. The quantitative estimate of drug-likeness (QED) is 0.877. The van der Waals surface area contributed by atoms with Crippen LogP contribution in [-0.2, 0) is 6.54 Å². The van der Waals surface area contributed by atoms with Crippen LogP contribution in [0.15, 0.2) is 36.9 Å². The summed E-state index contributed by atoms with van der Waals surface area (Å²) in [6, 6.07) is 4.72. The highest BCUT2D eigenvalue weighted by atomic mass is 15.3. The molecule has 2 aromatic rings. The molecule has 0 saturated carbocycles. The number of aryl methyl sites for hydroxylation is 1. The van der Waals surface area contributed by atoms with Crippen molar-refractivity contribution in [1.82, 2.24) is 20.1 Å². The van der Waals surface area contributed by atoms with E-state index in [4.69, 9.17) is 0 Å². The lowest BCUT2D eigenvalue weighted by Gasteiger charge is -2.21. The van der Waals surface area contributed by atoms with E-state index in [0.717, 1.165) is 6.54 Å². The molecule has 0 aliphatic carbocycles. The van der Waals surface area contributed by atoms with Crippen molar-refractivity contribution in [2.45, 2.75) is 39.4 Å². The maximum absolute atomic E-state index is 4.36. The molecule has 96 valence electrons. The highest BCUT2D eigenvalue weighted by molar-refractivity contribution is 5.08. The van der Waals surface area contributed by atoms with Gasteiger partial charge in [0.1, 0.15) is 0 Å². The molecule has 1 N–H and O–H groups in total. The van der Waals surface area contributed by atoms with Crippen LogP contribution in [0.3, 0.4) is 0 Å². The van der Waals surface area contributed by atoms with Gasteiger partial charge in [-0.3, -0.25) is 9.67 Å².